The van der Waals surface area contributed by atoms with Gasteiger partial charge in [0.25, 0.3) is 5.91 Å². The van der Waals surface area contributed by atoms with Crippen LogP contribution in [0, 0.1) is 0 Å². The monoisotopic (exact) mass is 360 g/mol. The molecule has 1 amide bonds. The second-order valence-corrected chi connectivity index (χ2v) is 5.84. The van der Waals surface area contributed by atoms with E-state index >= 15 is 0 Å². The van der Waals surface area contributed by atoms with Gasteiger partial charge >= 0.3 is 5.69 Å². The normalized spacial score (nSPS) is 10.7. The van der Waals surface area contributed by atoms with E-state index in [0.29, 0.717) is 17.2 Å². The van der Waals surface area contributed by atoms with E-state index in [0.717, 1.165) is 11.3 Å². The standard InChI is InChI=1S/C19H16N6O2/c26-18(20-12-17-21-19(27)23-22-17)16-11-15(13-7-3-1-4-8-13)24-25(16)14-9-5-2-6-10-14/h1-11H,12H2,(H,20,26)(H2,21,22,23,27). The zero-order valence-electron chi connectivity index (χ0n) is 14.2. The van der Waals surface area contributed by atoms with E-state index < -0.39 is 5.69 Å². The van der Waals surface area contributed by atoms with Gasteiger partial charge in [-0.25, -0.2) is 14.6 Å². The summed E-state index contributed by atoms with van der Waals surface area (Å²) >= 11 is 0. The molecule has 0 saturated carbocycles. The predicted octanol–water partition coefficient (Wildman–Crippen LogP) is 1.88. The van der Waals surface area contributed by atoms with Crippen LogP contribution in [0.2, 0.25) is 0 Å². The summed E-state index contributed by atoms with van der Waals surface area (Å²) < 4.78 is 1.60. The number of carbonyl (C=O) groups excluding carboxylic acids is 1. The fourth-order valence-corrected chi connectivity index (χ4v) is 2.70. The van der Waals surface area contributed by atoms with Crippen molar-refractivity contribution >= 4 is 5.91 Å². The van der Waals surface area contributed by atoms with Crippen LogP contribution in [0.3, 0.4) is 0 Å². The van der Waals surface area contributed by atoms with Gasteiger partial charge in [-0.15, -0.1) is 0 Å². The molecule has 0 spiro atoms. The van der Waals surface area contributed by atoms with Crippen molar-refractivity contribution in [2.75, 3.05) is 0 Å². The molecule has 8 nitrogen and oxygen atoms in total. The maximum atomic E-state index is 12.8. The average Bonchev–Trinajstić information content (AvgIpc) is 3.34. The Morgan fingerprint density at radius 1 is 1.04 bits per heavy atom. The van der Waals surface area contributed by atoms with Crippen LogP contribution >= 0.6 is 0 Å². The lowest BCUT2D eigenvalue weighted by Gasteiger charge is -2.07. The topological polar surface area (TPSA) is 108 Å². The molecule has 0 saturated heterocycles. The lowest BCUT2D eigenvalue weighted by molar-refractivity contribution is 0.0942. The van der Waals surface area contributed by atoms with Gasteiger partial charge in [0.2, 0.25) is 0 Å². The second kappa shape index (κ2) is 7.12. The summed E-state index contributed by atoms with van der Waals surface area (Å²) in [6, 6.07) is 20.8. The lowest BCUT2D eigenvalue weighted by atomic mass is 10.1. The highest BCUT2D eigenvalue weighted by molar-refractivity contribution is 5.94. The summed E-state index contributed by atoms with van der Waals surface area (Å²) in [7, 11) is 0. The van der Waals surface area contributed by atoms with Gasteiger partial charge in [0.1, 0.15) is 11.5 Å². The fourth-order valence-electron chi connectivity index (χ4n) is 2.70. The van der Waals surface area contributed by atoms with Crippen LogP contribution in [0.25, 0.3) is 16.9 Å². The molecule has 8 heteroatoms. The van der Waals surface area contributed by atoms with Gasteiger partial charge in [-0.2, -0.15) is 10.2 Å². The molecule has 0 bridgehead atoms. The Morgan fingerprint density at radius 3 is 2.41 bits per heavy atom. The van der Waals surface area contributed by atoms with Gasteiger partial charge in [0, 0.05) is 5.56 Å². The zero-order chi connectivity index (χ0) is 18.6. The van der Waals surface area contributed by atoms with Crippen molar-refractivity contribution in [3.8, 4) is 16.9 Å². The van der Waals surface area contributed by atoms with Crippen molar-refractivity contribution in [2.24, 2.45) is 0 Å². The molecule has 0 unspecified atom stereocenters. The SMILES string of the molecule is O=C(NCc1n[nH]c(=O)[nH]1)c1cc(-c2ccccc2)nn1-c1ccccc1. The quantitative estimate of drug-likeness (QED) is 0.505. The number of nitrogens with zero attached hydrogens (tertiary/aromatic N) is 3. The first-order valence-electron chi connectivity index (χ1n) is 8.33. The van der Waals surface area contributed by atoms with E-state index in [-0.39, 0.29) is 12.5 Å². The van der Waals surface area contributed by atoms with Gasteiger partial charge in [-0.3, -0.25) is 9.78 Å². The van der Waals surface area contributed by atoms with Crippen molar-refractivity contribution < 1.29 is 4.79 Å². The Balaban J connectivity index is 1.68. The Morgan fingerprint density at radius 2 is 1.74 bits per heavy atom. The lowest BCUT2D eigenvalue weighted by Crippen LogP contribution is -2.26. The first-order chi connectivity index (χ1) is 13.2. The minimum absolute atomic E-state index is 0.0954. The van der Waals surface area contributed by atoms with Gasteiger partial charge < -0.3 is 5.32 Å². The van der Waals surface area contributed by atoms with Crippen molar-refractivity contribution in [3.63, 3.8) is 0 Å². The number of carbonyl (C=O) groups is 1. The van der Waals surface area contributed by atoms with Gasteiger partial charge in [0.05, 0.1) is 17.9 Å². The van der Waals surface area contributed by atoms with Crippen LogP contribution in [0.5, 0.6) is 0 Å². The summed E-state index contributed by atoms with van der Waals surface area (Å²) in [5, 5.41) is 13.4. The van der Waals surface area contributed by atoms with Crippen molar-refractivity contribution in [1.82, 2.24) is 30.3 Å². The second-order valence-electron chi connectivity index (χ2n) is 5.84. The number of H-pyrrole nitrogens is 2. The Labute approximate surface area is 153 Å². The number of hydrogen-bond acceptors (Lipinski definition) is 4. The van der Waals surface area contributed by atoms with E-state index in [1.54, 1.807) is 10.7 Å². The van der Waals surface area contributed by atoms with Crippen LogP contribution in [0.1, 0.15) is 16.3 Å². The minimum Gasteiger partial charge on any atom is -0.343 e. The molecule has 3 N–H and O–H groups in total. The molecule has 2 heterocycles. The molecule has 134 valence electrons. The van der Waals surface area contributed by atoms with Crippen LogP contribution in [0.15, 0.2) is 71.5 Å². The molecule has 2 aromatic carbocycles. The van der Waals surface area contributed by atoms with Crippen molar-refractivity contribution in [2.45, 2.75) is 6.54 Å². The minimum atomic E-state index is -0.417. The van der Waals surface area contributed by atoms with E-state index in [1.165, 1.54) is 0 Å². The molecule has 2 aromatic heterocycles. The maximum Gasteiger partial charge on any atom is 0.340 e. The number of amides is 1. The molecular weight excluding hydrogens is 344 g/mol. The van der Waals surface area contributed by atoms with E-state index in [4.69, 9.17) is 0 Å². The molecule has 0 aliphatic rings. The molecule has 4 rings (SSSR count). The largest absolute Gasteiger partial charge is 0.343 e. The number of benzene rings is 2. The molecule has 0 atom stereocenters. The third kappa shape index (κ3) is 3.54. The van der Waals surface area contributed by atoms with Gasteiger partial charge in [0.15, 0.2) is 0 Å². The molecule has 0 aliphatic heterocycles. The number of hydrogen-bond donors (Lipinski definition) is 3. The fraction of sp³-hybridized carbons (Fsp3) is 0.0526. The predicted molar refractivity (Wildman–Crippen MR) is 99.4 cm³/mol. The summed E-state index contributed by atoms with van der Waals surface area (Å²) in [6.45, 7) is 0.0954. The van der Waals surface area contributed by atoms with Gasteiger partial charge in [-0.05, 0) is 18.2 Å². The highest BCUT2D eigenvalue weighted by Gasteiger charge is 2.17. The molecular formula is C19H16N6O2. The Kier molecular flexibility index (Phi) is 4.36. The van der Waals surface area contributed by atoms with Crippen molar-refractivity contribution in [1.29, 1.82) is 0 Å². The molecule has 0 radical (unpaired) electrons. The molecule has 4 aromatic rings. The molecule has 0 aliphatic carbocycles. The maximum absolute atomic E-state index is 12.8. The number of aromatic nitrogens is 5. The number of rotatable bonds is 5. The molecule has 27 heavy (non-hydrogen) atoms. The van der Waals surface area contributed by atoms with E-state index in [9.17, 15) is 9.59 Å². The number of aromatic amines is 2. The summed E-state index contributed by atoms with van der Waals surface area (Å²) in [6.07, 6.45) is 0. The highest BCUT2D eigenvalue weighted by Crippen LogP contribution is 2.21. The molecule has 0 fully saturated rings. The van der Waals surface area contributed by atoms with Crippen LogP contribution in [-0.2, 0) is 6.54 Å². The van der Waals surface area contributed by atoms with E-state index in [2.05, 4.69) is 25.6 Å². The third-order valence-corrected chi connectivity index (χ3v) is 3.98. The Bertz CT molecular complexity index is 1110. The van der Waals surface area contributed by atoms with Crippen molar-refractivity contribution in [3.05, 3.63) is 88.7 Å². The smallest absolute Gasteiger partial charge is 0.340 e. The third-order valence-electron chi connectivity index (χ3n) is 3.98. The van der Waals surface area contributed by atoms with Gasteiger partial charge in [-0.1, -0.05) is 48.5 Å². The van der Waals surface area contributed by atoms with Crippen LogP contribution in [0.4, 0.5) is 0 Å². The van der Waals surface area contributed by atoms with Crippen LogP contribution < -0.4 is 11.0 Å². The first-order valence-corrected chi connectivity index (χ1v) is 8.33. The van der Waals surface area contributed by atoms with E-state index in [1.807, 2.05) is 60.7 Å². The summed E-state index contributed by atoms with van der Waals surface area (Å²) in [4.78, 5) is 26.4. The van der Waals surface area contributed by atoms with Crippen LogP contribution in [-0.4, -0.2) is 30.9 Å². The Hall–Kier alpha value is -3.94. The highest BCUT2D eigenvalue weighted by atomic mass is 16.2. The summed E-state index contributed by atoms with van der Waals surface area (Å²) in [5.41, 5.74) is 2.35. The first kappa shape index (κ1) is 16.5. The summed E-state index contributed by atoms with van der Waals surface area (Å²) in [5.74, 6) is 0.0276. The number of para-hydroxylation sites is 1. The average molecular weight is 360 g/mol. The number of nitrogens with one attached hydrogen (secondary N) is 3. The zero-order valence-corrected chi connectivity index (χ0v) is 14.2.